The van der Waals surface area contributed by atoms with Gasteiger partial charge >= 0.3 is 0 Å². The van der Waals surface area contributed by atoms with Crippen LogP contribution in [-0.2, 0) is 9.53 Å². The fourth-order valence-electron chi connectivity index (χ4n) is 2.18. The number of hydrogen-bond donors (Lipinski definition) is 3. The lowest BCUT2D eigenvalue weighted by atomic mass is 9.91. The minimum atomic E-state index is -0.767. The van der Waals surface area contributed by atoms with Crippen LogP contribution in [0.25, 0.3) is 0 Å². The second kappa shape index (κ2) is 6.75. The van der Waals surface area contributed by atoms with E-state index in [1.165, 1.54) is 6.07 Å². The zero-order valence-electron chi connectivity index (χ0n) is 10.8. The molecule has 1 amide bonds. The molecule has 0 atom stereocenters. The highest BCUT2D eigenvalue weighted by Crippen LogP contribution is 2.25. The number of methoxy groups -OCH3 is 1. The van der Waals surface area contributed by atoms with E-state index < -0.39 is 5.60 Å². The number of piperidine rings is 1. The third kappa shape index (κ3) is 3.59. The number of aromatic hydroxyl groups is 1. The van der Waals surface area contributed by atoms with Crippen molar-refractivity contribution in [3.05, 3.63) is 24.3 Å². The van der Waals surface area contributed by atoms with E-state index in [1.54, 1.807) is 25.3 Å². The summed E-state index contributed by atoms with van der Waals surface area (Å²) in [6.45, 7) is 1.53. The average Bonchev–Trinajstić information content (AvgIpc) is 2.39. The summed E-state index contributed by atoms with van der Waals surface area (Å²) in [7, 11) is 1.56. The molecule has 2 rings (SSSR count). The Kier molecular flexibility index (Phi) is 5.60. The third-order valence-corrected chi connectivity index (χ3v) is 3.32. The number of anilines is 1. The molecule has 5 nitrogen and oxygen atoms in total. The molecule has 0 unspecified atom stereocenters. The zero-order valence-corrected chi connectivity index (χ0v) is 11.6. The van der Waals surface area contributed by atoms with Crippen molar-refractivity contribution in [2.24, 2.45) is 0 Å². The molecule has 0 bridgehead atoms. The predicted octanol–water partition coefficient (Wildman–Crippen LogP) is 1.52. The van der Waals surface area contributed by atoms with Crippen LogP contribution in [0.2, 0.25) is 0 Å². The molecule has 1 saturated heterocycles. The Labute approximate surface area is 118 Å². The van der Waals surface area contributed by atoms with Crippen molar-refractivity contribution in [1.29, 1.82) is 0 Å². The zero-order chi connectivity index (χ0) is 13.0. The number of ether oxygens (including phenoxy) is 1. The average molecular weight is 287 g/mol. The molecule has 1 aromatic rings. The van der Waals surface area contributed by atoms with E-state index in [-0.39, 0.29) is 24.1 Å². The quantitative estimate of drug-likeness (QED) is 0.788. The molecule has 1 fully saturated rings. The molecule has 0 aromatic heterocycles. The minimum Gasteiger partial charge on any atom is -0.508 e. The highest BCUT2D eigenvalue weighted by Gasteiger charge is 2.39. The Bertz CT molecular complexity index is 434. The predicted molar refractivity (Wildman–Crippen MR) is 75.8 cm³/mol. The molecule has 0 aliphatic carbocycles. The summed E-state index contributed by atoms with van der Waals surface area (Å²) in [6, 6.07) is 6.50. The second-order valence-electron chi connectivity index (χ2n) is 4.45. The van der Waals surface area contributed by atoms with Gasteiger partial charge in [0.2, 0.25) is 0 Å². The van der Waals surface area contributed by atoms with Gasteiger partial charge in [0.1, 0.15) is 11.4 Å². The van der Waals surface area contributed by atoms with Crippen LogP contribution in [-0.4, -0.2) is 36.8 Å². The van der Waals surface area contributed by atoms with E-state index in [9.17, 15) is 9.90 Å². The van der Waals surface area contributed by atoms with Gasteiger partial charge < -0.3 is 20.5 Å². The molecular formula is C13H19ClN2O3. The lowest BCUT2D eigenvalue weighted by Gasteiger charge is -2.34. The number of nitrogens with one attached hydrogen (secondary N) is 2. The van der Waals surface area contributed by atoms with E-state index in [0.29, 0.717) is 18.5 Å². The number of phenolic OH excluding ortho intramolecular Hbond substituents is 1. The first-order valence-electron chi connectivity index (χ1n) is 6.03. The number of phenols is 1. The Morgan fingerprint density at radius 3 is 2.68 bits per heavy atom. The molecule has 0 spiro atoms. The van der Waals surface area contributed by atoms with Crippen LogP contribution in [0.15, 0.2) is 24.3 Å². The minimum absolute atomic E-state index is 0. The summed E-state index contributed by atoms with van der Waals surface area (Å²) in [4.78, 5) is 12.3. The van der Waals surface area contributed by atoms with Crippen LogP contribution in [0.4, 0.5) is 5.69 Å². The molecule has 1 aromatic carbocycles. The van der Waals surface area contributed by atoms with Gasteiger partial charge in [-0.2, -0.15) is 0 Å². The van der Waals surface area contributed by atoms with Crippen molar-refractivity contribution in [3.63, 3.8) is 0 Å². The monoisotopic (exact) mass is 286 g/mol. The van der Waals surface area contributed by atoms with Gasteiger partial charge in [0.25, 0.3) is 5.91 Å². The van der Waals surface area contributed by atoms with Crippen molar-refractivity contribution in [2.45, 2.75) is 18.4 Å². The van der Waals surface area contributed by atoms with Gasteiger partial charge in [-0.15, -0.1) is 12.4 Å². The molecule has 0 radical (unpaired) electrons. The number of amides is 1. The van der Waals surface area contributed by atoms with Crippen LogP contribution < -0.4 is 10.6 Å². The van der Waals surface area contributed by atoms with Crippen molar-refractivity contribution < 1.29 is 14.6 Å². The van der Waals surface area contributed by atoms with Gasteiger partial charge in [-0.1, -0.05) is 6.07 Å². The normalized spacial score (nSPS) is 17.3. The lowest BCUT2D eigenvalue weighted by Crippen LogP contribution is -2.51. The maximum atomic E-state index is 12.3. The van der Waals surface area contributed by atoms with Gasteiger partial charge in [0, 0.05) is 18.9 Å². The third-order valence-electron chi connectivity index (χ3n) is 3.32. The van der Waals surface area contributed by atoms with Gasteiger partial charge in [0.05, 0.1) is 0 Å². The van der Waals surface area contributed by atoms with E-state index in [0.717, 1.165) is 13.1 Å². The molecule has 1 aliphatic heterocycles. The molecule has 1 heterocycles. The number of carbonyl (C=O) groups excluding carboxylic acids is 1. The van der Waals surface area contributed by atoms with Gasteiger partial charge in [0.15, 0.2) is 0 Å². The molecule has 19 heavy (non-hydrogen) atoms. The number of hydrogen-bond acceptors (Lipinski definition) is 4. The summed E-state index contributed by atoms with van der Waals surface area (Å²) in [6.07, 6.45) is 1.29. The highest BCUT2D eigenvalue weighted by molar-refractivity contribution is 5.97. The molecule has 0 saturated carbocycles. The largest absolute Gasteiger partial charge is 0.508 e. The standard InChI is InChI=1S/C13H18N2O3.ClH/c1-18-13(5-7-14-8-6-13)12(17)15-10-3-2-4-11(16)9-10;/h2-4,9,14,16H,5-8H2,1H3,(H,15,17);1H. The van der Waals surface area contributed by atoms with Crippen molar-refractivity contribution in [2.75, 3.05) is 25.5 Å². The highest BCUT2D eigenvalue weighted by atomic mass is 35.5. The first-order chi connectivity index (χ1) is 8.66. The number of benzene rings is 1. The first kappa shape index (κ1) is 15.8. The summed E-state index contributed by atoms with van der Waals surface area (Å²) in [5.41, 5.74) is -0.188. The van der Waals surface area contributed by atoms with Gasteiger partial charge in [-0.3, -0.25) is 4.79 Å². The van der Waals surface area contributed by atoms with Crippen molar-refractivity contribution in [1.82, 2.24) is 5.32 Å². The second-order valence-corrected chi connectivity index (χ2v) is 4.45. The maximum Gasteiger partial charge on any atom is 0.256 e. The summed E-state index contributed by atoms with van der Waals surface area (Å²) in [5.74, 6) is -0.0262. The summed E-state index contributed by atoms with van der Waals surface area (Å²) < 4.78 is 5.43. The van der Waals surface area contributed by atoms with Crippen LogP contribution >= 0.6 is 12.4 Å². The molecule has 3 N–H and O–H groups in total. The molecule has 6 heteroatoms. The molecule has 106 valence electrons. The topological polar surface area (TPSA) is 70.6 Å². The molecular weight excluding hydrogens is 268 g/mol. The summed E-state index contributed by atoms with van der Waals surface area (Å²) >= 11 is 0. The van der Waals surface area contributed by atoms with Crippen LogP contribution in [0.1, 0.15) is 12.8 Å². The lowest BCUT2D eigenvalue weighted by molar-refractivity contribution is -0.140. The van der Waals surface area contributed by atoms with Crippen LogP contribution in [0.5, 0.6) is 5.75 Å². The Balaban J connectivity index is 0.00000180. The number of carbonyl (C=O) groups is 1. The Morgan fingerprint density at radius 1 is 1.42 bits per heavy atom. The number of rotatable bonds is 3. The van der Waals surface area contributed by atoms with Gasteiger partial charge in [-0.25, -0.2) is 0 Å². The van der Waals surface area contributed by atoms with Crippen LogP contribution in [0, 0.1) is 0 Å². The van der Waals surface area contributed by atoms with E-state index in [1.807, 2.05) is 0 Å². The maximum absolute atomic E-state index is 12.3. The SMILES string of the molecule is COC1(C(=O)Nc2cccc(O)c2)CCNCC1.Cl. The van der Waals surface area contributed by atoms with Crippen LogP contribution in [0.3, 0.4) is 0 Å². The van der Waals surface area contributed by atoms with E-state index in [4.69, 9.17) is 4.74 Å². The first-order valence-corrected chi connectivity index (χ1v) is 6.03. The summed E-state index contributed by atoms with van der Waals surface area (Å²) in [5, 5.41) is 15.4. The van der Waals surface area contributed by atoms with E-state index in [2.05, 4.69) is 10.6 Å². The Hall–Kier alpha value is -1.30. The molecule has 1 aliphatic rings. The van der Waals surface area contributed by atoms with Crippen molar-refractivity contribution in [3.8, 4) is 5.75 Å². The Morgan fingerprint density at radius 2 is 2.11 bits per heavy atom. The fourth-order valence-corrected chi connectivity index (χ4v) is 2.18. The van der Waals surface area contributed by atoms with E-state index >= 15 is 0 Å². The smallest absolute Gasteiger partial charge is 0.256 e. The fraction of sp³-hybridized carbons (Fsp3) is 0.462. The number of halogens is 1. The van der Waals surface area contributed by atoms with Crippen molar-refractivity contribution >= 4 is 24.0 Å². The van der Waals surface area contributed by atoms with Gasteiger partial charge in [-0.05, 0) is 38.1 Å².